The molecule has 1 fully saturated rings. The van der Waals surface area contributed by atoms with E-state index in [0.717, 1.165) is 24.9 Å². The maximum Gasteiger partial charge on any atom is 0.256 e. The van der Waals surface area contributed by atoms with Crippen molar-refractivity contribution in [3.8, 4) is 0 Å². The van der Waals surface area contributed by atoms with Crippen molar-refractivity contribution in [2.75, 3.05) is 13.2 Å². The fourth-order valence-corrected chi connectivity index (χ4v) is 4.41. The van der Waals surface area contributed by atoms with Gasteiger partial charge < -0.3 is 9.30 Å². The standard InChI is InChI=1S/C16H24N4O3S/c1-3-20-12-14(10-17-20)16-13(6-5-9-23-16)11-18-24(21,22)15-7-4-8-19(15)2/h4,7-8,10,12-13,16,18H,3,5-6,9,11H2,1-2H3/t13-,16+/m0/s1. The normalized spacial score (nSPS) is 21.9. The highest BCUT2D eigenvalue weighted by atomic mass is 32.2. The molecule has 0 amide bonds. The summed E-state index contributed by atoms with van der Waals surface area (Å²) in [5.74, 6) is 0.100. The Hall–Kier alpha value is -1.64. The van der Waals surface area contributed by atoms with Gasteiger partial charge >= 0.3 is 0 Å². The first kappa shape index (κ1) is 17.2. The van der Waals surface area contributed by atoms with Gasteiger partial charge in [-0.05, 0) is 31.9 Å². The van der Waals surface area contributed by atoms with Crippen LogP contribution < -0.4 is 4.72 Å². The molecule has 0 bridgehead atoms. The number of sulfonamides is 1. The highest BCUT2D eigenvalue weighted by molar-refractivity contribution is 7.89. The topological polar surface area (TPSA) is 78.1 Å². The molecule has 0 radical (unpaired) electrons. The van der Waals surface area contributed by atoms with Crippen LogP contribution in [0.5, 0.6) is 0 Å². The van der Waals surface area contributed by atoms with Gasteiger partial charge in [0.05, 0.1) is 12.3 Å². The first-order chi connectivity index (χ1) is 11.5. The lowest BCUT2D eigenvalue weighted by Crippen LogP contribution is -2.35. The van der Waals surface area contributed by atoms with E-state index in [9.17, 15) is 8.42 Å². The molecule has 24 heavy (non-hydrogen) atoms. The molecule has 132 valence electrons. The summed E-state index contributed by atoms with van der Waals surface area (Å²) in [5.41, 5.74) is 1.01. The molecule has 1 N–H and O–H groups in total. The Labute approximate surface area is 142 Å². The maximum atomic E-state index is 12.5. The lowest BCUT2D eigenvalue weighted by molar-refractivity contribution is -0.0262. The van der Waals surface area contributed by atoms with Crippen molar-refractivity contribution in [2.45, 2.75) is 37.4 Å². The molecule has 1 aliphatic heterocycles. The molecule has 2 aromatic rings. The zero-order chi connectivity index (χ0) is 17.2. The van der Waals surface area contributed by atoms with Crippen LogP contribution in [-0.4, -0.2) is 35.9 Å². The summed E-state index contributed by atoms with van der Waals surface area (Å²) in [6.07, 6.45) is 7.27. The Morgan fingerprint density at radius 1 is 1.46 bits per heavy atom. The lowest BCUT2D eigenvalue weighted by atomic mass is 9.91. The van der Waals surface area contributed by atoms with Crippen molar-refractivity contribution >= 4 is 10.0 Å². The summed E-state index contributed by atoms with van der Waals surface area (Å²) in [5, 5.41) is 4.57. The predicted octanol–water partition coefficient (Wildman–Crippen LogP) is 1.69. The van der Waals surface area contributed by atoms with Gasteiger partial charge in [-0.3, -0.25) is 4.68 Å². The van der Waals surface area contributed by atoms with Gasteiger partial charge in [0.1, 0.15) is 5.03 Å². The second kappa shape index (κ2) is 7.08. The summed E-state index contributed by atoms with van der Waals surface area (Å²) >= 11 is 0. The molecular weight excluding hydrogens is 328 g/mol. The number of rotatable bonds is 6. The third kappa shape index (κ3) is 3.55. The molecule has 0 saturated carbocycles. The summed E-state index contributed by atoms with van der Waals surface area (Å²) in [6.45, 7) is 3.89. The highest BCUT2D eigenvalue weighted by Crippen LogP contribution is 2.33. The number of hydrogen-bond donors (Lipinski definition) is 1. The van der Waals surface area contributed by atoms with Crippen LogP contribution >= 0.6 is 0 Å². The van der Waals surface area contributed by atoms with E-state index in [2.05, 4.69) is 9.82 Å². The van der Waals surface area contributed by atoms with Crippen molar-refractivity contribution in [1.82, 2.24) is 19.1 Å². The summed E-state index contributed by atoms with van der Waals surface area (Å²) in [7, 11) is -1.79. The second-order valence-electron chi connectivity index (χ2n) is 6.13. The second-order valence-corrected chi connectivity index (χ2v) is 7.85. The van der Waals surface area contributed by atoms with E-state index in [0.29, 0.717) is 13.2 Å². The van der Waals surface area contributed by atoms with Crippen molar-refractivity contribution in [2.24, 2.45) is 13.0 Å². The smallest absolute Gasteiger partial charge is 0.256 e. The summed E-state index contributed by atoms with van der Waals surface area (Å²) in [6, 6.07) is 3.32. The Morgan fingerprint density at radius 3 is 2.96 bits per heavy atom. The minimum Gasteiger partial charge on any atom is -0.373 e. The first-order valence-corrected chi connectivity index (χ1v) is 9.74. The number of nitrogens with zero attached hydrogens (tertiary/aromatic N) is 3. The van der Waals surface area contributed by atoms with Gasteiger partial charge in [0.25, 0.3) is 10.0 Å². The third-order valence-corrected chi connectivity index (χ3v) is 5.98. The molecular formula is C16H24N4O3S. The zero-order valence-electron chi connectivity index (χ0n) is 14.1. The van der Waals surface area contributed by atoms with Crippen LogP contribution in [0, 0.1) is 5.92 Å². The minimum atomic E-state index is -3.52. The summed E-state index contributed by atoms with van der Waals surface area (Å²) < 4.78 is 37.0. The molecule has 1 saturated heterocycles. The zero-order valence-corrected chi connectivity index (χ0v) is 14.9. The number of ether oxygens (including phenoxy) is 1. The van der Waals surface area contributed by atoms with E-state index in [-0.39, 0.29) is 17.0 Å². The van der Waals surface area contributed by atoms with Gasteiger partial charge in [-0.15, -0.1) is 0 Å². The van der Waals surface area contributed by atoms with Gasteiger partial charge in [-0.2, -0.15) is 5.10 Å². The van der Waals surface area contributed by atoms with E-state index >= 15 is 0 Å². The number of hydrogen-bond acceptors (Lipinski definition) is 4. The van der Waals surface area contributed by atoms with Gasteiger partial charge in [-0.25, -0.2) is 13.1 Å². The molecule has 3 rings (SSSR count). The van der Waals surface area contributed by atoms with Crippen molar-refractivity contribution < 1.29 is 13.2 Å². The van der Waals surface area contributed by atoms with E-state index in [1.165, 1.54) is 0 Å². The van der Waals surface area contributed by atoms with Crippen molar-refractivity contribution in [3.05, 3.63) is 36.3 Å². The van der Waals surface area contributed by atoms with Crippen LogP contribution in [0.1, 0.15) is 31.4 Å². The van der Waals surface area contributed by atoms with Crippen LogP contribution in [0.4, 0.5) is 0 Å². The van der Waals surface area contributed by atoms with Crippen LogP contribution in [0.25, 0.3) is 0 Å². The van der Waals surface area contributed by atoms with Crippen LogP contribution in [0.15, 0.2) is 35.7 Å². The van der Waals surface area contributed by atoms with E-state index in [1.807, 2.05) is 24.0 Å². The molecule has 3 heterocycles. The monoisotopic (exact) mass is 352 g/mol. The highest BCUT2D eigenvalue weighted by Gasteiger charge is 2.30. The van der Waals surface area contributed by atoms with E-state index < -0.39 is 10.0 Å². The maximum absolute atomic E-state index is 12.5. The number of aromatic nitrogens is 3. The molecule has 7 nitrogen and oxygen atoms in total. The van der Waals surface area contributed by atoms with Crippen LogP contribution in [0.3, 0.4) is 0 Å². The molecule has 0 aliphatic carbocycles. The molecule has 2 aromatic heterocycles. The SMILES string of the molecule is CCn1cc([C@@H]2OCCC[C@H]2CNS(=O)(=O)c2cccn2C)cn1. The van der Waals surface area contributed by atoms with Gasteiger partial charge in [0, 0.05) is 50.6 Å². The fraction of sp³-hybridized carbons (Fsp3) is 0.562. The van der Waals surface area contributed by atoms with E-state index in [1.54, 1.807) is 29.9 Å². The van der Waals surface area contributed by atoms with Gasteiger partial charge in [-0.1, -0.05) is 0 Å². The molecule has 0 unspecified atom stereocenters. The first-order valence-electron chi connectivity index (χ1n) is 8.26. The Kier molecular flexibility index (Phi) is 5.07. The minimum absolute atomic E-state index is 0.100. The Morgan fingerprint density at radius 2 is 2.29 bits per heavy atom. The molecule has 0 spiro atoms. The van der Waals surface area contributed by atoms with E-state index in [4.69, 9.17) is 4.74 Å². The largest absolute Gasteiger partial charge is 0.373 e. The Balaban J connectivity index is 1.71. The molecule has 8 heteroatoms. The molecule has 0 aromatic carbocycles. The third-order valence-electron chi connectivity index (χ3n) is 4.46. The number of nitrogens with one attached hydrogen (secondary N) is 1. The Bertz CT molecular complexity index is 781. The van der Waals surface area contributed by atoms with Crippen molar-refractivity contribution in [1.29, 1.82) is 0 Å². The fourth-order valence-electron chi connectivity index (χ4n) is 3.14. The lowest BCUT2D eigenvalue weighted by Gasteiger charge is -2.31. The molecule has 1 aliphatic rings. The predicted molar refractivity (Wildman–Crippen MR) is 89.9 cm³/mol. The van der Waals surface area contributed by atoms with Crippen molar-refractivity contribution in [3.63, 3.8) is 0 Å². The summed E-state index contributed by atoms with van der Waals surface area (Å²) in [4.78, 5) is 0. The quantitative estimate of drug-likeness (QED) is 0.858. The average molecular weight is 352 g/mol. The van der Waals surface area contributed by atoms with Crippen LogP contribution in [0.2, 0.25) is 0 Å². The van der Waals surface area contributed by atoms with Crippen LogP contribution in [-0.2, 0) is 28.4 Å². The molecule has 2 atom stereocenters. The van der Waals surface area contributed by atoms with Gasteiger partial charge in [0.15, 0.2) is 0 Å². The average Bonchev–Trinajstić information content (AvgIpc) is 3.22. The van der Waals surface area contributed by atoms with Gasteiger partial charge in [0.2, 0.25) is 0 Å². The number of aryl methyl sites for hydroxylation is 2.